The lowest BCUT2D eigenvalue weighted by Crippen LogP contribution is -2.05. The van der Waals surface area contributed by atoms with Crippen molar-refractivity contribution < 1.29 is 0 Å². The highest BCUT2D eigenvalue weighted by atomic mass is 35.5. The van der Waals surface area contributed by atoms with Crippen molar-refractivity contribution in [3.8, 4) is 0 Å². The highest BCUT2D eigenvalue weighted by molar-refractivity contribution is 5.85. The summed E-state index contributed by atoms with van der Waals surface area (Å²) < 4.78 is 0. The zero-order valence-electron chi connectivity index (χ0n) is 6.32. The number of hydrogen-bond acceptors (Lipinski definition) is 0. The highest BCUT2D eigenvalue weighted by Crippen LogP contribution is 2.22. The van der Waals surface area contributed by atoms with Gasteiger partial charge in [0, 0.05) is 0 Å². The minimum Gasteiger partial charge on any atom is -0.147 e. The Labute approximate surface area is 59.1 Å². The molecular formula is C7H17Cl. The number of halogens is 1. The molecule has 0 saturated carbocycles. The second kappa shape index (κ2) is 4.20. The van der Waals surface area contributed by atoms with Gasteiger partial charge in [-0.1, -0.05) is 40.5 Å². The van der Waals surface area contributed by atoms with E-state index in [1.54, 1.807) is 0 Å². The average Bonchev–Trinajstić information content (AvgIpc) is 1.68. The van der Waals surface area contributed by atoms with Crippen molar-refractivity contribution in [3.05, 3.63) is 0 Å². The summed E-state index contributed by atoms with van der Waals surface area (Å²) in [5, 5.41) is 0. The molecule has 0 aromatic heterocycles. The fourth-order valence-corrected chi connectivity index (χ4v) is 0.250. The topological polar surface area (TPSA) is 0 Å². The molecule has 0 spiro atoms. The van der Waals surface area contributed by atoms with Gasteiger partial charge in [0.25, 0.3) is 0 Å². The largest absolute Gasteiger partial charge is 0.147 e. The smallest absolute Gasteiger partial charge is 0.0359 e. The number of hydrogen-bond donors (Lipinski definition) is 0. The summed E-state index contributed by atoms with van der Waals surface area (Å²) in [6.07, 6.45) is 2.59. The molecule has 0 rings (SSSR count). The number of rotatable bonds is 2. The summed E-state index contributed by atoms with van der Waals surface area (Å²) in [5.41, 5.74) is 0.583. The summed E-state index contributed by atoms with van der Waals surface area (Å²) in [6.45, 7) is 9.08. The monoisotopic (exact) mass is 136 g/mol. The second-order valence-electron chi connectivity index (χ2n) is 2.87. The van der Waals surface area contributed by atoms with Crippen LogP contribution in [0.5, 0.6) is 0 Å². The van der Waals surface area contributed by atoms with Crippen LogP contribution in [-0.4, -0.2) is 0 Å². The van der Waals surface area contributed by atoms with Crippen LogP contribution in [0.3, 0.4) is 0 Å². The third kappa shape index (κ3) is 4.45. The van der Waals surface area contributed by atoms with Gasteiger partial charge in [-0.25, -0.2) is 0 Å². The zero-order chi connectivity index (χ0) is 5.91. The molecule has 0 amide bonds. The van der Waals surface area contributed by atoms with Gasteiger partial charge >= 0.3 is 0 Å². The quantitative estimate of drug-likeness (QED) is 0.547. The van der Waals surface area contributed by atoms with Crippen LogP contribution in [-0.2, 0) is 0 Å². The van der Waals surface area contributed by atoms with E-state index in [1.165, 1.54) is 12.8 Å². The first-order chi connectivity index (χ1) is 3.12. The second-order valence-corrected chi connectivity index (χ2v) is 2.87. The third-order valence-electron chi connectivity index (χ3n) is 1.91. The van der Waals surface area contributed by atoms with Gasteiger partial charge in [0.05, 0.1) is 0 Å². The molecule has 52 valence electrons. The molecule has 0 aromatic carbocycles. The van der Waals surface area contributed by atoms with Crippen molar-refractivity contribution in [2.45, 2.75) is 40.5 Å². The first-order valence-electron chi connectivity index (χ1n) is 3.12. The summed E-state index contributed by atoms with van der Waals surface area (Å²) >= 11 is 0. The molecule has 0 fully saturated rings. The molecule has 0 atom stereocenters. The maximum atomic E-state index is 2.30. The Balaban J connectivity index is 0. The highest BCUT2D eigenvalue weighted by Gasteiger charge is 2.09. The van der Waals surface area contributed by atoms with Crippen molar-refractivity contribution in [2.75, 3.05) is 0 Å². The molecule has 0 saturated heterocycles. The summed E-state index contributed by atoms with van der Waals surface area (Å²) in [7, 11) is 0. The fraction of sp³-hybridized carbons (Fsp3) is 1.00. The predicted octanol–water partition coefficient (Wildman–Crippen LogP) is 3.25. The molecule has 1 heteroatoms. The average molecular weight is 137 g/mol. The van der Waals surface area contributed by atoms with Crippen LogP contribution in [0, 0.1) is 5.41 Å². The van der Waals surface area contributed by atoms with Crippen LogP contribution in [0.2, 0.25) is 0 Å². The van der Waals surface area contributed by atoms with Gasteiger partial charge in [0.1, 0.15) is 0 Å². The Morgan fingerprint density at radius 1 is 1.00 bits per heavy atom. The lowest BCUT2D eigenvalue weighted by Gasteiger charge is -2.18. The molecule has 0 radical (unpaired) electrons. The van der Waals surface area contributed by atoms with Crippen molar-refractivity contribution in [3.63, 3.8) is 0 Å². The van der Waals surface area contributed by atoms with Crippen molar-refractivity contribution in [2.24, 2.45) is 5.41 Å². The van der Waals surface area contributed by atoms with E-state index in [-0.39, 0.29) is 12.4 Å². The molecule has 0 aliphatic rings. The normalized spacial score (nSPS) is 10.5. The van der Waals surface area contributed by atoms with Gasteiger partial charge in [-0.2, -0.15) is 0 Å². The first-order valence-corrected chi connectivity index (χ1v) is 3.12. The Morgan fingerprint density at radius 2 is 1.25 bits per heavy atom. The van der Waals surface area contributed by atoms with E-state index >= 15 is 0 Å². The van der Waals surface area contributed by atoms with Gasteiger partial charge in [-0.05, 0) is 5.41 Å². The van der Waals surface area contributed by atoms with Crippen LogP contribution in [0.25, 0.3) is 0 Å². The van der Waals surface area contributed by atoms with Crippen LogP contribution in [0.15, 0.2) is 0 Å². The van der Waals surface area contributed by atoms with E-state index in [9.17, 15) is 0 Å². The Morgan fingerprint density at radius 3 is 1.25 bits per heavy atom. The molecule has 0 aromatic rings. The van der Waals surface area contributed by atoms with Crippen LogP contribution in [0.1, 0.15) is 40.5 Å². The van der Waals surface area contributed by atoms with Crippen LogP contribution in [0.4, 0.5) is 0 Å². The lowest BCUT2D eigenvalue weighted by atomic mass is 9.88. The Kier molecular flexibility index (Phi) is 5.84. The van der Waals surface area contributed by atoms with Gasteiger partial charge in [0.2, 0.25) is 0 Å². The predicted molar refractivity (Wildman–Crippen MR) is 41.6 cm³/mol. The standard InChI is InChI=1S/C7H16.ClH/c1-5-7(3,4)6-2;/h5-6H2,1-4H3;1H. The molecule has 0 bridgehead atoms. The molecule has 0 nitrogen and oxygen atoms in total. The SMILES string of the molecule is CCC(C)(C)CC.Cl. The van der Waals surface area contributed by atoms with Crippen molar-refractivity contribution in [1.29, 1.82) is 0 Å². The van der Waals surface area contributed by atoms with E-state index < -0.39 is 0 Å². The van der Waals surface area contributed by atoms with E-state index in [2.05, 4.69) is 27.7 Å². The van der Waals surface area contributed by atoms with E-state index in [4.69, 9.17) is 0 Å². The maximum Gasteiger partial charge on any atom is -0.0359 e. The lowest BCUT2D eigenvalue weighted by molar-refractivity contribution is 0.338. The van der Waals surface area contributed by atoms with Crippen LogP contribution >= 0.6 is 12.4 Å². The minimum absolute atomic E-state index is 0. The molecule has 8 heavy (non-hydrogen) atoms. The van der Waals surface area contributed by atoms with Crippen molar-refractivity contribution in [1.82, 2.24) is 0 Å². The Hall–Kier alpha value is 0.290. The summed E-state index contributed by atoms with van der Waals surface area (Å²) in [4.78, 5) is 0. The van der Waals surface area contributed by atoms with E-state index in [1.807, 2.05) is 0 Å². The summed E-state index contributed by atoms with van der Waals surface area (Å²) in [6, 6.07) is 0. The third-order valence-corrected chi connectivity index (χ3v) is 1.91. The Bertz CT molecular complexity index is 42.3. The van der Waals surface area contributed by atoms with Gasteiger partial charge in [-0.15, -0.1) is 12.4 Å². The molecule has 0 N–H and O–H groups in total. The van der Waals surface area contributed by atoms with Crippen molar-refractivity contribution >= 4 is 12.4 Å². The molecule has 0 heterocycles. The molecule has 0 aliphatic carbocycles. The molecule has 0 aliphatic heterocycles. The minimum atomic E-state index is 0. The van der Waals surface area contributed by atoms with Crippen LogP contribution < -0.4 is 0 Å². The van der Waals surface area contributed by atoms with Gasteiger partial charge < -0.3 is 0 Å². The zero-order valence-corrected chi connectivity index (χ0v) is 7.14. The van der Waals surface area contributed by atoms with E-state index in [0.29, 0.717) is 5.41 Å². The fourth-order valence-electron chi connectivity index (χ4n) is 0.250. The van der Waals surface area contributed by atoms with Gasteiger partial charge in [-0.3, -0.25) is 0 Å². The molecule has 0 unspecified atom stereocenters. The van der Waals surface area contributed by atoms with E-state index in [0.717, 1.165) is 0 Å². The van der Waals surface area contributed by atoms with Gasteiger partial charge in [0.15, 0.2) is 0 Å². The molecular weight excluding hydrogens is 120 g/mol. The first kappa shape index (κ1) is 11.1. The summed E-state index contributed by atoms with van der Waals surface area (Å²) in [5.74, 6) is 0. The maximum absolute atomic E-state index is 2.30.